The Hall–Kier alpha value is -2.67. The van der Waals surface area contributed by atoms with Crippen LogP contribution in [0.3, 0.4) is 0 Å². The molecule has 7 heteroatoms. The van der Waals surface area contributed by atoms with E-state index in [0.717, 1.165) is 24.2 Å². The van der Waals surface area contributed by atoms with E-state index < -0.39 is 11.4 Å². The maximum Gasteiger partial charge on any atom is 0.313 e. The van der Waals surface area contributed by atoms with Crippen molar-refractivity contribution in [3.05, 3.63) is 47.8 Å². The summed E-state index contributed by atoms with van der Waals surface area (Å²) in [6, 6.07) is 9.78. The quantitative estimate of drug-likeness (QED) is 0.845. The molecule has 1 aromatic heterocycles. The van der Waals surface area contributed by atoms with Gasteiger partial charge in [0, 0.05) is 26.1 Å². The van der Waals surface area contributed by atoms with Crippen molar-refractivity contribution in [1.29, 1.82) is 0 Å². The minimum Gasteiger partial charge on any atom is -0.481 e. The van der Waals surface area contributed by atoms with Crippen molar-refractivity contribution < 1.29 is 19.4 Å². The fourth-order valence-corrected chi connectivity index (χ4v) is 3.89. The fourth-order valence-electron chi connectivity index (χ4n) is 3.89. The molecular formula is C20H23N3O4. The van der Waals surface area contributed by atoms with E-state index in [1.807, 2.05) is 35.0 Å². The van der Waals surface area contributed by atoms with E-state index in [0.29, 0.717) is 24.4 Å². The van der Waals surface area contributed by atoms with E-state index in [1.165, 1.54) is 7.11 Å². The van der Waals surface area contributed by atoms with E-state index >= 15 is 0 Å². The van der Waals surface area contributed by atoms with Crippen molar-refractivity contribution in [2.24, 2.45) is 5.41 Å². The third kappa shape index (κ3) is 3.12. The summed E-state index contributed by atoms with van der Waals surface area (Å²) in [7, 11) is 1.49. The molecule has 1 unspecified atom stereocenters. The molecule has 27 heavy (non-hydrogen) atoms. The molecule has 0 radical (unpaired) electrons. The van der Waals surface area contributed by atoms with Gasteiger partial charge in [-0.25, -0.2) is 4.68 Å². The SMILES string of the molecule is COCC1(C(=O)O)CCN(C(=O)c2cnn(-c3ccccc3)c2C2CC2)C1. The van der Waals surface area contributed by atoms with Gasteiger partial charge < -0.3 is 14.7 Å². The lowest BCUT2D eigenvalue weighted by Gasteiger charge is -2.23. The molecule has 1 amide bonds. The second kappa shape index (κ2) is 6.81. The lowest BCUT2D eigenvalue weighted by Crippen LogP contribution is -2.40. The molecule has 1 aromatic carbocycles. The first-order valence-corrected chi connectivity index (χ1v) is 9.21. The number of aliphatic carboxylic acids is 1. The average molecular weight is 369 g/mol. The second-order valence-corrected chi connectivity index (χ2v) is 7.46. The Morgan fingerprint density at radius 2 is 2.04 bits per heavy atom. The number of carbonyl (C=O) groups is 2. The topological polar surface area (TPSA) is 84.7 Å². The van der Waals surface area contributed by atoms with Crippen molar-refractivity contribution in [2.75, 3.05) is 26.8 Å². The maximum atomic E-state index is 13.2. The van der Waals surface area contributed by atoms with Crippen LogP contribution in [-0.4, -0.2) is 58.5 Å². The Morgan fingerprint density at radius 3 is 2.67 bits per heavy atom. The van der Waals surface area contributed by atoms with E-state index in [4.69, 9.17) is 4.74 Å². The summed E-state index contributed by atoms with van der Waals surface area (Å²) >= 11 is 0. The van der Waals surface area contributed by atoms with Crippen molar-refractivity contribution in [1.82, 2.24) is 14.7 Å². The number of carbonyl (C=O) groups excluding carboxylic acids is 1. The number of hydrogen-bond donors (Lipinski definition) is 1. The molecule has 142 valence electrons. The average Bonchev–Trinajstić information content (AvgIpc) is 3.26. The Bertz CT molecular complexity index is 859. The van der Waals surface area contributed by atoms with Crippen LogP contribution in [0.15, 0.2) is 36.5 Å². The maximum absolute atomic E-state index is 13.2. The van der Waals surface area contributed by atoms with Crippen LogP contribution in [0.2, 0.25) is 0 Å². The molecular weight excluding hydrogens is 346 g/mol. The Balaban J connectivity index is 1.64. The van der Waals surface area contributed by atoms with Crippen LogP contribution in [0.4, 0.5) is 0 Å². The number of ether oxygens (including phenoxy) is 1. The van der Waals surface area contributed by atoms with Gasteiger partial charge in [-0.05, 0) is 31.4 Å². The van der Waals surface area contributed by atoms with Crippen LogP contribution in [0.1, 0.15) is 41.2 Å². The number of benzene rings is 1. The summed E-state index contributed by atoms with van der Waals surface area (Å²) in [6.07, 6.45) is 4.11. The first-order chi connectivity index (χ1) is 13.1. The molecule has 1 N–H and O–H groups in total. The van der Waals surface area contributed by atoms with Crippen LogP contribution in [0.25, 0.3) is 5.69 Å². The largest absolute Gasteiger partial charge is 0.481 e. The third-order valence-corrected chi connectivity index (χ3v) is 5.52. The number of aromatic nitrogens is 2. The normalized spacial score (nSPS) is 22.2. The highest BCUT2D eigenvalue weighted by atomic mass is 16.5. The van der Waals surface area contributed by atoms with E-state index in [2.05, 4.69) is 5.10 Å². The summed E-state index contributed by atoms with van der Waals surface area (Å²) < 4.78 is 6.97. The summed E-state index contributed by atoms with van der Waals surface area (Å²) in [4.78, 5) is 26.6. The molecule has 2 fully saturated rings. The molecule has 0 spiro atoms. The third-order valence-electron chi connectivity index (χ3n) is 5.52. The monoisotopic (exact) mass is 369 g/mol. The van der Waals surface area contributed by atoms with Crippen molar-refractivity contribution >= 4 is 11.9 Å². The van der Waals surface area contributed by atoms with Crippen LogP contribution >= 0.6 is 0 Å². The van der Waals surface area contributed by atoms with Gasteiger partial charge in [0.2, 0.25) is 0 Å². The van der Waals surface area contributed by atoms with Crippen LogP contribution < -0.4 is 0 Å². The lowest BCUT2D eigenvalue weighted by atomic mass is 9.88. The van der Waals surface area contributed by atoms with Crippen LogP contribution in [0, 0.1) is 5.41 Å². The molecule has 1 saturated heterocycles. The molecule has 1 saturated carbocycles. The van der Waals surface area contributed by atoms with Gasteiger partial charge >= 0.3 is 5.97 Å². The highest BCUT2D eigenvalue weighted by molar-refractivity contribution is 5.96. The summed E-state index contributed by atoms with van der Waals surface area (Å²) in [5, 5.41) is 14.1. The highest BCUT2D eigenvalue weighted by Crippen LogP contribution is 2.43. The Labute approximate surface area is 157 Å². The van der Waals surface area contributed by atoms with Crippen molar-refractivity contribution in [3.63, 3.8) is 0 Å². The van der Waals surface area contributed by atoms with Gasteiger partial charge in [-0.2, -0.15) is 5.10 Å². The summed E-state index contributed by atoms with van der Waals surface area (Å²) in [5.74, 6) is -0.724. The number of hydrogen-bond acceptors (Lipinski definition) is 4. The zero-order chi connectivity index (χ0) is 19.0. The van der Waals surface area contributed by atoms with Gasteiger partial charge in [-0.1, -0.05) is 18.2 Å². The van der Waals surface area contributed by atoms with Crippen molar-refractivity contribution in [3.8, 4) is 5.69 Å². The zero-order valence-corrected chi connectivity index (χ0v) is 15.3. The molecule has 1 atom stereocenters. The number of carboxylic acids is 1. The van der Waals surface area contributed by atoms with E-state index in [9.17, 15) is 14.7 Å². The number of likely N-dealkylation sites (tertiary alicyclic amines) is 1. The minimum absolute atomic E-state index is 0.102. The molecule has 1 aliphatic heterocycles. The van der Waals surface area contributed by atoms with Gasteiger partial charge in [0.1, 0.15) is 5.41 Å². The van der Waals surface area contributed by atoms with Crippen molar-refractivity contribution in [2.45, 2.75) is 25.2 Å². The molecule has 2 aromatic rings. The fraction of sp³-hybridized carbons (Fsp3) is 0.450. The first-order valence-electron chi connectivity index (χ1n) is 9.21. The van der Waals surface area contributed by atoms with Gasteiger partial charge in [-0.15, -0.1) is 0 Å². The number of carboxylic acid groups (broad SMARTS) is 1. The van der Waals surface area contributed by atoms with Gasteiger partial charge in [0.05, 0.1) is 29.7 Å². The Morgan fingerprint density at radius 1 is 1.30 bits per heavy atom. The highest BCUT2D eigenvalue weighted by Gasteiger charge is 2.47. The predicted octanol–water partition coefficient (Wildman–Crippen LogP) is 2.31. The first kappa shape index (κ1) is 17.7. The van der Waals surface area contributed by atoms with Gasteiger partial charge in [0.15, 0.2) is 0 Å². The van der Waals surface area contributed by atoms with Gasteiger partial charge in [-0.3, -0.25) is 9.59 Å². The van der Waals surface area contributed by atoms with Crippen LogP contribution in [-0.2, 0) is 9.53 Å². The smallest absolute Gasteiger partial charge is 0.313 e. The molecule has 2 heterocycles. The summed E-state index contributed by atoms with van der Waals surface area (Å²) in [5.41, 5.74) is 1.42. The molecule has 2 aliphatic rings. The second-order valence-electron chi connectivity index (χ2n) is 7.46. The van der Waals surface area contributed by atoms with E-state index in [1.54, 1.807) is 11.1 Å². The van der Waals surface area contributed by atoms with E-state index in [-0.39, 0.29) is 19.1 Å². The molecule has 4 rings (SSSR count). The molecule has 7 nitrogen and oxygen atoms in total. The molecule has 0 bridgehead atoms. The minimum atomic E-state index is -1.03. The number of rotatable bonds is 6. The number of para-hydroxylation sites is 1. The number of methoxy groups -OCH3 is 1. The number of nitrogens with zero attached hydrogens (tertiary/aromatic N) is 3. The summed E-state index contributed by atoms with van der Waals surface area (Å²) in [6.45, 7) is 0.676. The standard InChI is InChI=1S/C20H23N3O4/c1-27-13-20(19(25)26)9-10-22(12-20)18(24)16-11-21-23(17(16)14-7-8-14)15-5-3-2-4-6-15/h2-6,11,14H,7-10,12-13H2,1H3,(H,25,26). The number of amides is 1. The van der Waals surface area contributed by atoms with Crippen LogP contribution in [0.5, 0.6) is 0 Å². The lowest BCUT2D eigenvalue weighted by molar-refractivity contribution is -0.151. The van der Waals surface area contributed by atoms with Gasteiger partial charge in [0.25, 0.3) is 5.91 Å². The molecule has 1 aliphatic carbocycles. The zero-order valence-electron chi connectivity index (χ0n) is 15.3. The predicted molar refractivity (Wildman–Crippen MR) is 98.0 cm³/mol. The Kier molecular flexibility index (Phi) is 4.47.